The van der Waals surface area contributed by atoms with Crippen LogP contribution in [0.2, 0.25) is 0 Å². The summed E-state index contributed by atoms with van der Waals surface area (Å²) in [5, 5.41) is 4.21. The van der Waals surface area contributed by atoms with E-state index in [4.69, 9.17) is 4.74 Å². The largest absolute Gasteiger partial charge is 0.494 e. The van der Waals surface area contributed by atoms with E-state index in [2.05, 4.69) is 5.10 Å². The van der Waals surface area contributed by atoms with Crippen LogP contribution in [0, 0.1) is 0 Å². The van der Waals surface area contributed by atoms with Gasteiger partial charge in [0.25, 0.3) is 5.91 Å². The average Bonchev–Trinajstić information content (AvgIpc) is 3.32. The van der Waals surface area contributed by atoms with Gasteiger partial charge in [-0.15, -0.1) is 0 Å². The molecule has 2 fully saturated rings. The molecule has 0 aromatic carbocycles. The maximum Gasteiger partial charge on any atom is 0.258 e. The summed E-state index contributed by atoms with van der Waals surface area (Å²) in [4.78, 5) is 28.6. The molecule has 7 heteroatoms. The predicted molar refractivity (Wildman–Crippen MR) is 82.4 cm³/mol. The minimum atomic E-state index is -0.173. The first-order chi connectivity index (χ1) is 11.2. The number of carbonyl (C=O) groups excluding carboxylic acids is 2. The van der Waals surface area contributed by atoms with Gasteiger partial charge in [-0.1, -0.05) is 0 Å². The van der Waals surface area contributed by atoms with Gasteiger partial charge in [0.05, 0.1) is 18.9 Å². The number of rotatable bonds is 3. The highest BCUT2D eigenvalue weighted by atomic mass is 16.5. The second-order valence-corrected chi connectivity index (χ2v) is 5.97. The first kappa shape index (κ1) is 14.0. The molecule has 1 saturated carbocycles. The molecule has 1 saturated heterocycles. The standard InChI is InChI=1S/C16H18N4O3/c1-23-13-3-2-6-20-15(13)12(9-17-20)16(22)18-7-8-19(11-4-5-11)14(21)10-18/h2-3,6,9,11H,4-5,7-8,10H2,1H3. The smallest absolute Gasteiger partial charge is 0.258 e. The number of nitrogens with zero attached hydrogens (tertiary/aromatic N) is 4. The Morgan fingerprint density at radius 2 is 2.17 bits per heavy atom. The third-order valence-electron chi connectivity index (χ3n) is 4.49. The highest BCUT2D eigenvalue weighted by Crippen LogP contribution is 2.29. The molecule has 0 radical (unpaired) electrons. The molecule has 23 heavy (non-hydrogen) atoms. The van der Waals surface area contributed by atoms with Gasteiger partial charge in [-0.05, 0) is 25.0 Å². The fraction of sp³-hybridized carbons (Fsp3) is 0.438. The van der Waals surface area contributed by atoms with Crippen molar-refractivity contribution in [3.63, 3.8) is 0 Å². The Labute approximate surface area is 133 Å². The van der Waals surface area contributed by atoms with Crippen molar-refractivity contribution >= 4 is 17.3 Å². The van der Waals surface area contributed by atoms with Crippen LogP contribution >= 0.6 is 0 Å². The Morgan fingerprint density at radius 3 is 2.87 bits per heavy atom. The molecule has 7 nitrogen and oxygen atoms in total. The Morgan fingerprint density at radius 1 is 1.35 bits per heavy atom. The third kappa shape index (κ3) is 2.32. The molecular weight excluding hydrogens is 296 g/mol. The number of fused-ring (bicyclic) bond motifs is 1. The molecule has 0 N–H and O–H groups in total. The van der Waals surface area contributed by atoms with Crippen LogP contribution < -0.4 is 4.74 Å². The Bertz CT molecular complexity index is 781. The molecule has 0 atom stereocenters. The van der Waals surface area contributed by atoms with Crippen molar-refractivity contribution in [2.24, 2.45) is 0 Å². The lowest BCUT2D eigenvalue weighted by Gasteiger charge is -2.34. The van der Waals surface area contributed by atoms with Crippen molar-refractivity contribution in [1.82, 2.24) is 19.4 Å². The molecule has 3 heterocycles. The zero-order chi connectivity index (χ0) is 16.0. The van der Waals surface area contributed by atoms with E-state index >= 15 is 0 Å². The topological polar surface area (TPSA) is 67.2 Å². The molecule has 120 valence electrons. The van der Waals surface area contributed by atoms with Gasteiger partial charge in [-0.2, -0.15) is 5.10 Å². The summed E-state index contributed by atoms with van der Waals surface area (Å²) in [6.45, 7) is 1.32. The van der Waals surface area contributed by atoms with E-state index in [0.717, 1.165) is 12.8 Å². The Balaban J connectivity index is 1.61. The first-order valence-corrected chi connectivity index (χ1v) is 7.78. The van der Waals surface area contributed by atoms with Gasteiger partial charge in [0.2, 0.25) is 5.91 Å². The van der Waals surface area contributed by atoms with Crippen LogP contribution in [0.1, 0.15) is 23.2 Å². The van der Waals surface area contributed by atoms with Crippen molar-refractivity contribution in [2.45, 2.75) is 18.9 Å². The lowest BCUT2D eigenvalue weighted by molar-refractivity contribution is -0.135. The highest BCUT2D eigenvalue weighted by Gasteiger charge is 2.37. The Hall–Kier alpha value is -2.57. The molecular formula is C16H18N4O3. The van der Waals surface area contributed by atoms with Crippen LogP contribution in [-0.2, 0) is 4.79 Å². The molecule has 0 unspecified atom stereocenters. The monoisotopic (exact) mass is 314 g/mol. The quantitative estimate of drug-likeness (QED) is 0.840. The minimum absolute atomic E-state index is 0.0375. The lowest BCUT2D eigenvalue weighted by Crippen LogP contribution is -2.52. The number of amides is 2. The van der Waals surface area contributed by atoms with Gasteiger partial charge in [0.1, 0.15) is 17.8 Å². The molecule has 1 aliphatic heterocycles. The lowest BCUT2D eigenvalue weighted by atomic mass is 10.2. The van der Waals surface area contributed by atoms with Crippen LogP contribution in [0.15, 0.2) is 24.5 Å². The Kier molecular flexibility index (Phi) is 3.21. The summed E-state index contributed by atoms with van der Waals surface area (Å²) in [5.41, 5.74) is 1.10. The molecule has 4 rings (SSSR count). The van der Waals surface area contributed by atoms with Gasteiger partial charge in [-0.25, -0.2) is 4.52 Å². The molecule has 2 aromatic heterocycles. The summed E-state index contributed by atoms with van der Waals surface area (Å²) in [6, 6.07) is 4.01. The van der Waals surface area contributed by atoms with Crippen molar-refractivity contribution in [3.8, 4) is 5.75 Å². The number of methoxy groups -OCH3 is 1. The first-order valence-electron chi connectivity index (χ1n) is 7.78. The normalized spacial score (nSPS) is 18.6. The van der Waals surface area contributed by atoms with E-state index in [0.29, 0.717) is 36.0 Å². The minimum Gasteiger partial charge on any atom is -0.494 e. The molecule has 0 bridgehead atoms. The summed E-state index contributed by atoms with van der Waals surface area (Å²) in [6.07, 6.45) is 5.48. The van der Waals surface area contributed by atoms with E-state index in [-0.39, 0.29) is 18.4 Å². The van der Waals surface area contributed by atoms with Crippen molar-refractivity contribution < 1.29 is 14.3 Å². The van der Waals surface area contributed by atoms with Crippen molar-refractivity contribution in [3.05, 3.63) is 30.1 Å². The number of aromatic nitrogens is 2. The maximum absolute atomic E-state index is 12.8. The van der Waals surface area contributed by atoms with E-state index in [1.807, 2.05) is 11.0 Å². The molecule has 0 spiro atoms. The number of hydrogen-bond donors (Lipinski definition) is 0. The second kappa shape index (κ2) is 5.26. The van der Waals surface area contributed by atoms with Crippen LogP contribution in [0.4, 0.5) is 0 Å². The van der Waals surface area contributed by atoms with Crippen LogP contribution in [0.3, 0.4) is 0 Å². The van der Waals surface area contributed by atoms with Gasteiger partial charge < -0.3 is 14.5 Å². The summed E-state index contributed by atoms with van der Waals surface area (Å²) >= 11 is 0. The van der Waals surface area contributed by atoms with Gasteiger partial charge >= 0.3 is 0 Å². The summed E-state index contributed by atoms with van der Waals surface area (Å²) < 4.78 is 6.95. The zero-order valence-corrected chi connectivity index (χ0v) is 12.9. The van der Waals surface area contributed by atoms with Crippen molar-refractivity contribution in [2.75, 3.05) is 26.7 Å². The maximum atomic E-state index is 12.8. The van der Waals surface area contributed by atoms with Gasteiger partial charge in [-0.3, -0.25) is 9.59 Å². The second-order valence-electron chi connectivity index (χ2n) is 5.97. The van der Waals surface area contributed by atoms with Crippen LogP contribution in [0.5, 0.6) is 5.75 Å². The van der Waals surface area contributed by atoms with Crippen LogP contribution in [-0.4, -0.2) is 64.0 Å². The zero-order valence-electron chi connectivity index (χ0n) is 12.9. The fourth-order valence-electron chi connectivity index (χ4n) is 3.14. The number of hydrogen-bond acceptors (Lipinski definition) is 4. The van der Waals surface area contributed by atoms with E-state index in [9.17, 15) is 9.59 Å². The number of carbonyl (C=O) groups is 2. The molecule has 2 aromatic rings. The summed E-state index contributed by atoms with van der Waals surface area (Å²) in [7, 11) is 1.56. The summed E-state index contributed by atoms with van der Waals surface area (Å²) in [5.74, 6) is 0.458. The molecule has 1 aliphatic carbocycles. The van der Waals surface area contributed by atoms with E-state index in [1.165, 1.54) is 6.20 Å². The average molecular weight is 314 g/mol. The van der Waals surface area contributed by atoms with E-state index in [1.54, 1.807) is 28.8 Å². The van der Waals surface area contributed by atoms with Gasteiger partial charge in [0.15, 0.2) is 0 Å². The SMILES string of the molecule is COc1cccn2ncc(C(=O)N3CCN(C4CC4)C(=O)C3)c12. The molecule has 2 amide bonds. The third-order valence-corrected chi connectivity index (χ3v) is 4.49. The molecule has 2 aliphatic rings. The highest BCUT2D eigenvalue weighted by molar-refractivity contribution is 6.03. The van der Waals surface area contributed by atoms with Gasteiger partial charge in [0, 0.05) is 25.3 Å². The number of piperazine rings is 1. The van der Waals surface area contributed by atoms with Crippen molar-refractivity contribution in [1.29, 1.82) is 0 Å². The number of pyridine rings is 1. The van der Waals surface area contributed by atoms with Crippen LogP contribution in [0.25, 0.3) is 5.52 Å². The number of ether oxygens (including phenoxy) is 1. The predicted octanol–water partition coefficient (Wildman–Crippen LogP) is 0.790. The van der Waals surface area contributed by atoms with E-state index < -0.39 is 0 Å². The fourth-order valence-corrected chi connectivity index (χ4v) is 3.14.